The average Bonchev–Trinajstić information content (AvgIpc) is 2.41. The van der Waals surface area contributed by atoms with E-state index in [4.69, 9.17) is 11.6 Å². The topological polar surface area (TPSA) is 66.9 Å². The molecule has 2 rings (SSSR count). The van der Waals surface area contributed by atoms with Gasteiger partial charge in [-0.25, -0.2) is 14.4 Å². The molecule has 0 aliphatic rings. The fourth-order valence-corrected chi connectivity index (χ4v) is 1.83. The second kappa shape index (κ2) is 6.27. The van der Waals surface area contributed by atoms with E-state index in [1.54, 1.807) is 0 Å². The highest BCUT2D eigenvalue weighted by molar-refractivity contribution is 6.31. The van der Waals surface area contributed by atoms with E-state index in [0.29, 0.717) is 11.6 Å². The fourth-order valence-electron chi connectivity index (χ4n) is 1.65. The third-order valence-corrected chi connectivity index (χ3v) is 2.84. The quantitative estimate of drug-likeness (QED) is 0.903. The van der Waals surface area contributed by atoms with Crippen LogP contribution in [0.2, 0.25) is 5.02 Å². The summed E-state index contributed by atoms with van der Waals surface area (Å²) in [5, 5.41) is 5.63. The van der Waals surface area contributed by atoms with Gasteiger partial charge in [-0.1, -0.05) is 11.6 Å². The Kier molecular flexibility index (Phi) is 4.61. The summed E-state index contributed by atoms with van der Waals surface area (Å²) in [6, 6.07) is 5.44. The van der Waals surface area contributed by atoms with Gasteiger partial charge in [0.2, 0.25) is 5.95 Å². The molecule has 116 valence electrons. The minimum atomic E-state index is -0.543. The van der Waals surface area contributed by atoms with Gasteiger partial charge in [0, 0.05) is 17.4 Å². The number of halogens is 2. The first-order valence-corrected chi connectivity index (χ1v) is 7.00. The average molecular weight is 323 g/mol. The normalized spacial score (nSPS) is 11.1. The van der Waals surface area contributed by atoms with E-state index in [1.165, 1.54) is 30.5 Å². The molecule has 1 aromatic heterocycles. The molecule has 0 aliphatic heterocycles. The first-order chi connectivity index (χ1) is 10.2. The Morgan fingerprint density at radius 1 is 1.27 bits per heavy atom. The second-order valence-corrected chi connectivity index (χ2v) is 6.13. The van der Waals surface area contributed by atoms with Gasteiger partial charge in [-0.2, -0.15) is 0 Å². The lowest BCUT2D eigenvalue weighted by Gasteiger charge is -2.20. The van der Waals surface area contributed by atoms with Gasteiger partial charge >= 0.3 is 0 Å². The van der Waals surface area contributed by atoms with E-state index >= 15 is 0 Å². The number of carbonyl (C=O) groups is 1. The molecule has 1 aromatic carbocycles. The maximum absolute atomic E-state index is 13.1. The SMILES string of the molecule is CC(C)(C)Nc1nccc(C(=O)Nc2ccc(F)c(Cl)c2)n1. The Hall–Kier alpha value is -2.21. The summed E-state index contributed by atoms with van der Waals surface area (Å²) in [6.07, 6.45) is 1.49. The molecule has 0 atom stereocenters. The first-order valence-electron chi connectivity index (χ1n) is 6.62. The fraction of sp³-hybridized carbons (Fsp3) is 0.267. The van der Waals surface area contributed by atoms with Gasteiger partial charge in [-0.15, -0.1) is 0 Å². The Bertz CT molecular complexity index is 700. The lowest BCUT2D eigenvalue weighted by molar-refractivity contribution is 0.102. The van der Waals surface area contributed by atoms with Crippen LogP contribution in [0.3, 0.4) is 0 Å². The summed E-state index contributed by atoms with van der Waals surface area (Å²) in [4.78, 5) is 20.4. The molecule has 1 heterocycles. The van der Waals surface area contributed by atoms with Crippen LogP contribution in [0.5, 0.6) is 0 Å². The molecule has 0 spiro atoms. The lowest BCUT2D eigenvalue weighted by atomic mass is 10.1. The molecule has 5 nitrogen and oxygen atoms in total. The molecular formula is C15H16ClFN4O. The number of nitrogens with zero attached hydrogens (tertiary/aromatic N) is 2. The standard InChI is InChI=1S/C15H16ClFN4O/c1-15(2,3)21-14-18-7-6-12(20-14)13(22)19-9-4-5-11(17)10(16)8-9/h4-8H,1-3H3,(H,19,22)(H,18,20,21). The highest BCUT2D eigenvalue weighted by atomic mass is 35.5. The molecule has 0 unspecified atom stereocenters. The van der Waals surface area contributed by atoms with Gasteiger partial charge in [-0.3, -0.25) is 4.79 Å². The van der Waals surface area contributed by atoms with Crippen molar-refractivity contribution < 1.29 is 9.18 Å². The Labute approximate surface area is 132 Å². The Balaban J connectivity index is 2.15. The molecule has 7 heteroatoms. The molecule has 0 fully saturated rings. The van der Waals surface area contributed by atoms with Crippen molar-refractivity contribution in [3.05, 3.63) is 47.0 Å². The smallest absolute Gasteiger partial charge is 0.274 e. The minimum Gasteiger partial charge on any atom is -0.350 e. The highest BCUT2D eigenvalue weighted by Crippen LogP contribution is 2.20. The number of carbonyl (C=O) groups excluding carboxylic acids is 1. The second-order valence-electron chi connectivity index (χ2n) is 5.72. The Morgan fingerprint density at radius 3 is 2.64 bits per heavy atom. The summed E-state index contributed by atoms with van der Waals surface area (Å²) < 4.78 is 13.1. The van der Waals surface area contributed by atoms with E-state index in [9.17, 15) is 9.18 Å². The van der Waals surface area contributed by atoms with Gasteiger partial charge in [0.05, 0.1) is 5.02 Å². The zero-order chi connectivity index (χ0) is 16.3. The van der Waals surface area contributed by atoms with Crippen molar-refractivity contribution in [3.63, 3.8) is 0 Å². The third kappa shape index (κ3) is 4.39. The first kappa shape index (κ1) is 16.2. The summed E-state index contributed by atoms with van der Waals surface area (Å²) in [5.74, 6) is -0.613. The summed E-state index contributed by atoms with van der Waals surface area (Å²) in [7, 11) is 0. The number of benzene rings is 1. The van der Waals surface area contributed by atoms with E-state index in [-0.39, 0.29) is 16.3 Å². The molecule has 0 saturated carbocycles. The van der Waals surface area contributed by atoms with Crippen molar-refractivity contribution in [1.29, 1.82) is 0 Å². The Morgan fingerprint density at radius 2 is 2.00 bits per heavy atom. The largest absolute Gasteiger partial charge is 0.350 e. The molecule has 0 aliphatic carbocycles. The van der Waals surface area contributed by atoms with Crippen LogP contribution in [0.4, 0.5) is 16.0 Å². The monoisotopic (exact) mass is 322 g/mol. The van der Waals surface area contributed by atoms with Crippen LogP contribution >= 0.6 is 11.6 Å². The molecule has 0 saturated heterocycles. The predicted octanol–water partition coefficient (Wildman–Crippen LogP) is 3.73. The predicted molar refractivity (Wildman–Crippen MR) is 84.8 cm³/mol. The number of rotatable bonds is 3. The van der Waals surface area contributed by atoms with Crippen molar-refractivity contribution in [2.24, 2.45) is 0 Å². The maximum Gasteiger partial charge on any atom is 0.274 e. The highest BCUT2D eigenvalue weighted by Gasteiger charge is 2.14. The van der Waals surface area contributed by atoms with E-state index in [1.807, 2.05) is 20.8 Å². The van der Waals surface area contributed by atoms with Crippen LogP contribution in [0.1, 0.15) is 31.3 Å². The van der Waals surface area contributed by atoms with Crippen LogP contribution in [-0.4, -0.2) is 21.4 Å². The zero-order valence-corrected chi connectivity index (χ0v) is 13.2. The van der Waals surface area contributed by atoms with Gasteiger partial charge < -0.3 is 10.6 Å². The van der Waals surface area contributed by atoms with E-state index in [0.717, 1.165) is 0 Å². The molecule has 1 amide bonds. The van der Waals surface area contributed by atoms with Crippen molar-refractivity contribution in [3.8, 4) is 0 Å². The number of aromatic nitrogens is 2. The van der Waals surface area contributed by atoms with Crippen molar-refractivity contribution >= 4 is 29.1 Å². The van der Waals surface area contributed by atoms with Crippen LogP contribution in [0.15, 0.2) is 30.5 Å². The van der Waals surface area contributed by atoms with E-state index in [2.05, 4.69) is 20.6 Å². The number of hydrogen-bond donors (Lipinski definition) is 2. The molecular weight excluding hydrogens is 307 g/mol. The van der Waals surface area contributed by atoms with Gasteiger partial charge in [0.15, 0.2) is 0 Å². The molecule has 0 bridgehead atoms. The lowest BCUT2D eigenvalue weighted by Crippen LogP contribution is -2.28. The van der Waals surface area contributed by atoms with E-state index < -0.39 is 11.7 Å². The van der Waals surface area contributed by atoms with Gasteiger partial charge in [0.25, 0.3) is 5.91 Å². The number of anilines is 2. The van der Waals surface area contributed by atoms with Crippen LogP contribution < -0.4 is 10.6 Å². The molecule has 2 aromatic rings. The summed E-state index contributed by atoms with van der Waals surface area (Å²) >= 11 is 5.68. The molecule has 0 radical (unpaired) electrons. The minimum absolute atomic E-state index is 0.0597. The number of amides is 1. The molecule has 2 N–H and O–H groups in total. The van der Waals surface area contributed by atoms with Crippen molar-refractivity contribution in [1.82, 2.24) is 9.97 Å². The third-order valence-electron chi connectivity index (χ3n) is 2.55. The van der Waals surface area contributed by atoms with Crippen molar-refractivity contribution in [2.45, 2.75) is 26.3 Å². The van der Waals surface area contributed by atoms with Crippen molar-refractivity contribution in [2.75, 3.05) is 10.6 Å². The zero-order valence-electron chi connectivity index (χ0n) is 12.4. The summed E-state index contributed by atoms with van der Waals surface area (Å²) in [5.41, 5.74) is 0.363. The summed E-state index contributed by atoms with van der Waals surface area (Å²) in [6.45, 7) is 5.89. The molecule has 22 heavy (non-hydrogen) atoms. The van der Waals surface area contributed by atoms with Crippen LogP contribution in [-0.2, 0) is 0 Å². The number of nitrogens with one attached hydrogen (secondary N) is 2. The van der Waals surface area contributed by atoms with Gasteiger partial charge in [0.1, 0.15) is 11.5 Å². The van der Waals surface area contributed by atoms with Gasteiger partial charge in [-0.05, 0) is 45.0 Å². The van der Waals surface area contributed by atoms with Crippen LogP contribution in [0.25, 0.3) is 0 Å². The maximum atomic E-state index is 13.1. The van der Waals surface area contributed by atoms with Crippen LogP contribution in [0, 0.1) is 5.82 Å². The number of hydrogen-bond acceptors (Lipinski definition) is 4.